The number of anilines is 1. The topological polar surface area (TPSA) is 75.4 Å². The van der Waals surface area contributed by atoms with Crippen LogP contribution in [0, 0.1) is 0 Å². The molecule has 1 aromatic heterocycles. The summed E-state index contributed by atoms with van der Waals surface area (Å²) in [6.45, 7) is 1.44. The van der Waals surface area contributed by atoms with Gasteiger partial charge in [-0.05, 0) is 37.5 Å². The first kappa shape index (κ1) is 19.2. The highest BCUT2D eigenvalue weighted by molar-refractivity contribution is 6.31. The molecule has 2 heterocycles. The van der Waals surface area contributed by atoms with Gasteiger partial charge in [0.1, 0.15) is 5.69 Å². The lowest BCUT2D eigenvalue weighted by Crippen LogP contribution is -2.36. The number of amides is 2. The van der Waals surface area contributed by atoms with Gasteiger partial charge in [-0.3, -0.25) is 9.59 Å². The lowest BCUT2D eigenvalue weighted by atomic mass is 10.1. The van der Waals surface area contributed by atoms with E-state index in [9.17, 15) is 9.59 Å². The summed E-state index contributed by atoms with van der Waals surface area (Å²) in [5.74, 6) is -0.547. The molecule has 0 bridgehead atoms. The van der Waals surface area contributed by atoms with E-state index in [1.807, 2.05) is 35.2 Å². The van der Waals surface area contributed by atoms with Crippen LogP contribution < -0.4 is 5.32 Å². The molecule has 1 N–H and O–H groups in total. The van der Waals surface area contributed by atoms with Crippen molar-refractivity contribution in [3.05, 3.63) is 70.9 Å². The summed E-state index contributed by atoms with van der Waals surface area (Å²) in [6.07, 6.45) is 3.10. The Labute approximate surface area is 173 Å². The van der Waals surface area contributed by atoms with Crippen LogP contribution in [0.5, 0.6) is 0 Å². The van der Waals surface area contributed by atoms with Crippen LogP contribution in [0.3, 0.4) is 0 Å². The van der Waals surface area contributed by atoms with Gasteiger partial charge in [0.05, 0.1) is 11.3 Å². The zero-order valence-corrected chi connectivity index (χ0v) is 16.5. The lowest BCUT2D eigenvalue weighted by molar-refractivity contribution is 0.0725. The van der Waals surface area contributed by atoms with Gasteiger partial charge in [-0.1, -0.05) is 47.1 Å². The summed E-state index contributed by atoms with van der Waals surface area (Å²) in [7, 11) is 0. The van der Waals surface area contributed by atoms with Gasteiger partial charge in [0.25, 0.3) is 11.8 Å². The number of benzene rings is 2. The highest BCUT2D eigenvalue weighted by Gasteiger charge is 2.23. The molecule has 0 aliphatic carbocycles. The van der Waals surface area contributed by atoms with Gasteiger partial charge in [0, 0.05) is 29.7 Å². The van der Waals surface area contributed by atoms with Crippen molar-refractivity contribution >= 4 is 29.1 Å². The van der Waals surface area contributed by atoms with Crippen LogP contribution in [0.2, 0.25) is 5.02 Å². The van der Waals surface area contributed by atoms with Crippen molar-refractivity contribution in [2.24, 2.45) is 0 Å². The van der Waals surface area contributed by atoms with Crippen LogP contribution in [-0.2, 0) is 0 Å². The molecular formula is C22H20ClN3O3. The Morgan fingerprint density at radius 2 is 1.76 bits per heavy atom. The van der Waals surface area contributed by atoms with Crippen molar-refractivity contribution in [3.8, 4) is 11.3 Å². The normalized spacial score (nSPS) is 13.9. The Hall–Kier alpha value is -3.12. The maximum Gasteiger partial charge on any atom is 0.294 e. The van der Waals surface area contributed by atoms with Gasteiger partial charge in [-0.25, -0.2) is 0 Å². The number of carbonyl (C=O) groups excluding carboxylic acids is 2. The Bertz CT molecular complexity index is 1030. The fraction of sp³-hybridized carbons (Fsp3) is 0.227. The Morgan fingerprint density at radius 3 is 2.52 bits per heavy atom. The molecule has 2 amide bonds. The van der Waals surface area contributed by atoms with Gasteiger partial charge in [-0.2, -0.15) is 0 Å². The fourth-order valence-corrected chi connectivity index (χ4v) is 3.56. The standard InChI is InChI=1S/C22H20ClN3O3/c23-16-9-10-17(22(28)26-11-5-2-6-12-26)19(13-16)24-21(27)20-14-18(25-29-20)15-7-3-1-4-8-15/h1,3-4,7-10,13-14H,2,5-6,11-12H2,(H,24,27). The zero-order valence-electron chi connectivity index (χ0n) is 15.7. The largest absolute Gasteiger partial charge is 0.350 e. The Kier molecular flexibility index (Phi) is 5.62. The first-order valence-electron chi connectivity index (χ1n) is 9.54. The molecule has 1 fully saturated rings. The highest BCUT2D eigenvalue weighted by Crippen LogP contribution is 2.25. The van der Waals surface area contributed by atoms with Crippen LogP contribution in [0.25, 0.3) is 11.3 Å². The summed E-state index contributed by atoms with van der Waals surface area (Å²) < 4.78 is 5.21. The molecule has 6 nitrogen and oxygen atoms in total. The number of halogens is 1. The van der Waals surface area contributed by atoms with E-state index in [-0.39, 0.29) is 11.7 Å². The molecule has 148 valence electrons. The van der Waals surface area contributed by atoms with E-state index < -0.39 is 5.91 Å². The molecule has 2 aromatic carbocycles. The number of likely N-dealkylation sites (tertiary alicyclic amines) is 1. The third kappa shape index (κ3) is 4.32. The first-order valence-corrected chi connectivity index (χ1v) is 9.92. The average molecular weight is 410 g/mol. The summed E-state index contributed by atoms with van der Waals surface area (Å²) in [4.78, 5) is 27.5. The maximum atomic E-state index is 12.9. The molecule has 0 atom stereocenters. The molecule has 1 aliphatic rings. The lowest BCUT2D eigenvalue weighted by Gasteiger charge is -2.27. The molecule has 4 rings (SSSR count). The van der Waals surface area contributed by atoms with Crippen molar-refractivity contribution in [1.82, 2.24) is 10.1 Å². The van der Waals surface area contributed by atoms with E-state index in [4.69, 9.17) is 16.1 Å². The molecule has 0 radical (unpaired) electrons. The molecule has 29 heavy (non-hydrogen) atoms. The minimum Gasteiger partial charge on any atom is -0.350 e. The molecule has 7 heteroatoms. The van der Waals surface area contributed by atoms with E-state index >= 15 is 0 Å². The quantitative estimate of drug-likeness (QED) is 0.666. The molecule has 0 unspecified atom stereocenters. The fourth-order valence-electron chi connectivity index (χ4n) is 3.38. The summed E-state index contributed by atoms with van der Waals surface area (Å²) in [5, 5.41) is 7.14. The Morgan fingerprint density at radius 1 is 1.00 bits per heavy atom. The second-order valence-corrected chi connectivity index (χ2v) is 7.38. The second-order valence-electron chi connectivity index (χ2n) is 6.94. The number of aromatic nitrogens is 1. The SMILES string of the molecule is O=C(Nc1cc(Cl)ccc1C(=O)N1CCCCC1)c1cc(-c2ccccc2)no1. The van der Waals surface area contributed by atoms with E-state index in [1.54, 1.807) is 24.3 Å². The van der Waals surface area contributed by atoms with Gasteiger partial charge < -0.3 is 14.7 Å². The second kappa shape index (κ2) is 8.49. The van der Waals surface area contributed by atoms with Crippen LogP contribution in [0.1, 0.15) is 40.2 Å². The van der Waals surface area contributed by atoms with Crippen LogP contribution >= 0.6 is 11.6 Å². The van der Waals surface area contributed by atoms with E-state index in [2.05, 4.69) is 10.5 Å². The van der Waals surface area contributed by atoms with Gasteiger partial charge in [-0.15, -0.1) is 0 Å². The smallest absolute Gasteiger partial charge is 0.294 e. The van der Waals surface area contributed by atoms with Crippen molar-refractivity contribution in [2.45, 2.75) is 19.3 Å². The van der Waals surface area contributed by atoms with Crippen molar-refractivity contribution in [3.63, 3.8) is 0 Å². The van der Waals surface area contributed by atoms with E-state index in [0.717, 1.165) is 37.9 Å². The minimum atomic E-state index is -0.491. The summed E-state index contributed by atoms with van der Waals surface area (Å²) >= 11 is 6.11. The van der Waals surface area contributed by atoms with Crippen LogP contribution in [0.4, 0.5) is 5.69 Å². The van der Waals surface area contributed by atoms with Crippen molar-refractivity contribution in [2.75, 3.05) is 18.4 Å². The van der Waals surface area contributed by atoms with Gasteiger partial charge in [0.2, 0.25) is 5.76 Å². The molecule has 0 saturated carbocycles. The third-order valence-corrected chi connectivity index (χ3v) is 5.14. The number of nitrogens with one attached hydrogen (secondary N) is 1. The zero-order chi connectivity index (χ0) is 20.2. The van der Waals surface area contributed by atoms with Gasteiger partial charge >= 0.3 is 0 Å². The molecule has 0 spiro atoms. The molecule has 1 saturated heterocycles. The number of nitrogens with zero attached hydrogens (tertiary/aromatic N) is 2. The predicted molar refractivity (Wildman–Crippen MR) is 111 cm³/mol. The van der Waals surface area contributed by atoms with Crippen LogP contribution in [0.15, 0.2) is 59.1 Å². The third-order valence-electron chi connectivity index (χ3n) is 4.91. The monoisotopic (exact) mass is 409 g/mol. The number of carbonyl (C=O) groups is 2. The van der Waals surface area contributed by atoms with Crippen molar-refractivity contribution < 1.29 is 14.1 Å². The number of piperidine rings is 1. The van der Waals surface area contributed by atoms with Gasteiger partial charge in [0.15, 0.2) is 0 Å². The number of hydrogen-bond donors (Lipinski definition) is 1. The molecule has 1 aliphatic heterocycles. The van der Waals surface area contributed by atoms with Crippen molar-refractivity contribution in [1.29, 1.82) is 0 Å². The van der Waals surface area contributed by atoms with Crippen LogP contribution in [-0.4, -0.2) is 35.0 Å². The first-order chi connectivity index (χ1) is 14.1. The molecular weight excluding hydrogens is 390 g/mol. The maximum absolute atomic E-state index is 12.9. The predicted octanol–water partition coefficient (Wildman–Crippen LogP) is 4.87. The highest BCUT2D eigenvalue weighted by atomic mass is 35.5. The summed E-state index contributed by atoms with van der Waals surface area (Å²) in [6, 6.07) is 15.9. The number of rotatable bonds is 4. The van der Waals surface area contributed by atoms with E-state index in [1.165, 1.54) is 0 Å². The number of hydrogen-bond acceptors (Lipinski definition) is 4. The Balaban J connectivity index is 1.56. The summed E-state index contributed by atoms with van der Waals surface area (Å²) in [5.41, 5.74) is 2.17. The van der Waals surface area contributed by atoms with E-state index in [0.29, 0.717) is 22.0 Å². The molecule has 3 aromatic rings. The minimum absolute atomic E-state index is 0.0557. The average Bonchev–Trinajstić information content (AvgIpc) is 3.25.